The third kappa shape index (κ3) is 4.35. The Kier molecular flexibility index (Phi) is 5.44. The van der Waals surface area contributed by atoms with Crippen LogP contribution >= 0.6 is 0 Å². The molecular formula is C15H20N2O4. The average Bonchev–Trinajstić information content (AvgIpc) is 2.73. The van der Waals surface area contributed by atoms with Crippen molar-refractivity contribution < 1.29 is 19.4 Å². The van der Waals surface area contributed by atoms with E-state index >= 15 is 0 Å². The van der Waals surface area contributed by atoms with Gasteiger partial charge in [-0.05, 0) is 5.56 Å². The SMILES string of the molecule is CN1C(=O)CC(NCC(O)COCc2ccccc2)C1=O. The van der Waals surface area contributed by atoms with Crippen LogP contribution in [0.25, 0.3) is 0 Å². The highest BCUT2D eigenvalue weighted by molar-refractivity contribution is 6.05. The minimum absolute atomic E-state index is 0.146. The summed E-state index contributed by atoms with van der Waals surface area (Å²) in [4.78, 5) is 24.1. The summed E-state index contributed by atoms with van der Waals surface area (Å²) in [6.07, 6.45) is -0.574. The van der Waals surface area contributed by atoms with E-state index < -0.39 is 12.1 Å². The van der Waals surface area contributed by atoms with Crippen LogP contribution in [-0.4, -0.2) is 54.2 Å². The predicted octanol–water partition coefficient (Wildman–Crippen LogP) is -0.0890. The smallest absolute Gasteiger partial charge is 0.246 e. The van der Waals surface area contributed by atoms with Crippen LogP contribution in [0.3, 0.4) is 0 Å². The molecule has 0 radical (unpaired) electrons. The Hall–Kier alpha value is -1.76. The number of likely N-dealkylation sites (N-methyl/N-ethyl adjacent to an activating group) is 1. The molecule has 0 spiro atoms. The van der Waals surface area contributed by atoms with Crippen molar-refractivity contribution >= 4 is 11.8 Å². The Labute approximate surface area is 123 Å². The Balaban J connectivity index is 1.65. The molecule has 1 aliphatic heterocycles. The molecule has 2 atom stereocenters. The van der Waals surface area contributed by atoms with E-state index in [1.807, 2.05) is 30.3 Å². The number of aliphatic hydroxyl groups is 1. The molecule has 2 amide bonds. The monoisotopic (exact) mass is 292 g/mol. The molecule has 6 nitrogen and oxygen atoms in total. The largest absolute Gasteiger partial charge is 0.389 e. The zero-order valence-electron chi connectivity index (χ0n) is 12.0. The first-order valence-electron chi connectivity index (χ1n) is 6.91. The third-order valence-corrected chi connectivity index (χ3v) is 3.40. The van der Waals surface area contributed by atoms with Gasteiger partial charge in [-0.3, -0.25) is 14.5 Å². The Morgan fingerprint density at radius 2 is 2.10 bits per heavy atom. The quantitative estimate of drug-likeness (QED) is 0.687. The van der Waals surface area contributed by atoms with E-state index in [0.717, 1.165) is 10.5 Å². The van der Waals surface area contributed by atoms with Gasteiger partial charge in [0.2, 0.25) is 11.8 Å². The van der Waals surface area contributed by atoms with Gasteiger partial charge < -0.3 is 15.2 Å². The molecule has 0 aliphatic carbocycles. The Morgan fingerprint density at radius 3 is 2.71 bits per heavy atom. The van der Waals surface area contributed by atoms with E-state index in [9.17, 15) is 14.7 Å². The molecule has 21 heavy (non-hydrogen) atoms. The second kappa shape index (κ2) is 7.31. The first-order valence-corrected chi connectivity index (χ1v) is 6.91. The summed E-state index contributed by atoms with van der Waals surface area (Å²) in [7, 11) is 1.46. The molecule has 6 heteroatoms. The molecule has 1 aromatic rings. The number of ether oxygens (including phenoxy) is 1. The van der Waals surface area contributed by atoms with Gasteiger partial charge in [0.1, 0.15) is 0 Å². The summed E-state index contributed by atoms with van der Waals surface area (Å²) < 4.78 is 5.41. The van der Waals surface area contributed by atoms with Crippen molar-refractivity contribution in [3.05, 3.63) is 35.9 Å². The fourth-order valence-corrected chi connectivity index (χ4v) is 2.14. The molecule has 114 valence electrons. The molecule has 0 saturated carbocycles. The Bertz CT molecular complexity index is 492. The summed E-state index contributed by atoms with van der Waals surface area (Å²) in [5.41, 5.74) is 1.04. The highest BCUT2D eigenvalue weighted by atomic mass is 16.5. The van der Waals surface area contributed by atoms with Crippen LogP contribution in [0.15, 0.2) is 30.3 Å². The maximum absolute atomic E-state index is 11.7. The van der Waals surface area contributed by atoms with Gasteiger partial charge in [-0.1, -0.05) is 30.3 Å². The molecule has 1 saturated heterocycles. The zero-order chi connectivity index (χ0) is 15.2. The molecule has 1 fully saturated rings. The van der Waals surface area contributed by atoms with Gasteiger partial charge in [0.25, 0.3) is 0 Å². The summed E-state index contributed by atoms with van der Waals surface area (Å²) in [5.74, 6) is -0.454. The first-order chi connectivity index (χ1) is 10.1. The van der Waals surface area contributed by atoms with Crippen LogP contribution in [-0.2, 0) is 20.9 Å². The minimum Gasteiger partial charge on any atom is -0.389 e. The van der Waals surface area contributed by atoms with E-state index in [0.29, 0.717) is 6.61 Å². The maximum atomic E-state index is 11.7. The van der Waals surface area contributed by atoms with Crippen molar-refractivity contribution in [2.45, 2.75) is 25.2 Å². The van der Waals surface area contributed by atoms with Crippen molar-refractivity contribution in [3.8, 4) is 0 Å². The number of rotatable bonds is 7. The molecule has 1 heterocycles. The lowest BCUT2D eigenvalue weighted by Gasteiger charge is -2.15. The first kappa shape index (κ1) is 15.6. The topological polar surface area (TPSA) is 78.9 Å². The van der Waals surface area contributed by atoms with Gasteiger partial charge in [0, 0.05) is 13.6 Å². The van der Waals surface area contributed by atoms with Crippen molar-refractivity contribution in [1.29, 1.82) is 0 Å². The molecule has 2 unspecified atom stereocenters. The number of carbonyl (C=O) groups is 2. The van der Waals surface area contributed by atoms with Crippen molar-refractivity contribution in [2.24, 2.45) is 0 Å². The number of nitrogens with zero attached hydrogens (tertiary/aromatic N) is 1. The number of carbonyl (C=O) groups excluding carboxylic acids is 2. The van der Waals surface area contributed by atoms with Crippen LogP contribution in [0.4, 0.5) is 0 Å². The number of imide groups is 1. The van der Waals surface area contributed by atoms with Gasteiger partial charge in [0.05, 0.1) is 31.8 Å². The highest BCUT2D eigenvalue weighted by Crippen LogP contribution is 2.10. The third-order valence-electron chi connectivity index (χ3n) is 3.40. The molecule has 2 rings (SSSR count). The normalized spacial score (nSPS) is 20.1. The molecule has 2 N–H and O–H groups in total. The standard InChI is InChI=1S/C15H20N2O4/c1-17-14(19)7-13(15(17)20)16-8-12(18)10-21-9-11-5-3-2-4-6-11/h2-6,12-13,16,18H,7-10H2,1H3. The maximum Gasteiger partial charge on any atom is 0.246 e. The lowest BCUT2D eigenvalue weighted by molar-refractivity contribution is -0.137. The summed E-state index contributed by atoms with van der Waals surface area (Å²) >= 11 is 0. The fourth-order valence-electron chi connectivity index (χ4n) is 2.14. The lowest BCUT2D eigenvalue weighted by atomic mass is 10.2. The molecule has 1 aliphatic rings. The number of aliphatic hydroxyl groups excluding tert-OH is 1. The van der Waals surface area contributed by atoms with Crippen LogP contribution in [0.5, 0.6) is 0 Å². The van der Waals surface area contributed by atoms with Gasteiger partial charge in [-0.15, -0.1) is 0 Å². The van der Waals surface area contributed by atoms with Crippen LogP contribution < -0.4 is 5.32 Å². The Morgan fingerprint density at radius 1 is 1.38 bits per heavy atom. The van der Waals surface area contributed by atoms with E-state index in [1.54, 1.807) is 0 Å². The number of nitrogens with one attached hydrogen (secondary N) is 1. The highest BCUT2D eigenvalue weighted by Gasteiger charge is 2.35. The van der Waals surface area contributed by atoms with Gasteiger partial charge in [0.15, 0.2) is 0 Å². The van der Waals surface area contributed by atoms with Crippen molar-refractivity contribution in [1.82, 2.24) is 10.2 Å². The summed E-state index contributed by atoms with van der Waals surface area (Å²) in [6, 6.07) is 9.14. The molecule has 1 aromatic carbocycles. The molecule has 0 bridgehead atoms. The average molecular weight is 292 g/mol. The second-order valence-electron chi connectivity index (χ2n) is 5.11. The second-order valence-corrected chi connectivity index (χ2v) is 5.11. The minimum atomic E-state index is -0.720. The number of hydrogen-bond donors (Lipinski definition) is 2. The summed E-state index contributed by atoms with van der Waals surface area (Å²) in [6.45, 7) is 0.820. The fraction of sp³-hybridized carbons (Fsp3) is 0.467. The number of amides is 2. The van der Waals surface area contributed by atoms with Gasteiger partial charge in [-0.2, -0.15) is 0 Å². The molecule has 0 aromatic heterocycles. The van der Waals surface area contributed by atoms with E-state index in [2.05, 4.69) is 5.32 Å². The zero-order valence-corrected chi connectivity index (χ0v) is 12.0. The van der Waals surface area contributed by atoms with E-state index in [1.165, 1.54) is 7.05 Å². The van der Waals surface area contributed by atoms with Crippen LogP contribution in [0.1, 0.15) is 12.0 Å². The summed E-state index contributed by atoms with van der Waals surface area (Å²) in [5, 5.41) is 12.7. The van der Waals surface area contributed by atoms with Gasteiger partial charge in [-0.25, -0.2) is 0 Å². The van der Waals surface area contributed by atoms with Crippen LogP contribution in [0.2, 0.25) is 0 Å². The van der Waals surface area contributed by atoms with Crippen molar-refractivity contribution in [3.63, 3.8) is 0 Å². The van der Waals surface area contributed by atoms with E-state index in [4.69, 9.17) is 4.74 Å². The predicted molar refractivity (Wildman–Crippen MR) is 76.3 cm³/mol. The molecular weight excluding hydrogens is 272 g/mol. The van der Waals surface area contributed by atoms with E-state index in [-0.39, 0.29) is 31.4 Å². The number of benzene rings is 1. The van der Waals surface area contributed by atoms with Crippen LogP contribution in [0, 0.1) is 0 Å². The van der Waals surface area contributed by atoms with Gasteiger partial charge >= 0.3 is 0 Å². The number of likely N-dealkylation sites (tertiary alicyclic amines) is 1. The number of hydrogen-bond acceptors (Lipinski definition) is 5. The lowest BCUT2D eigenvalue weighted by Crippen LogP contribution is -2.41. The van der Waals surface area contributed by atoms with Crippen molar-refractivity contribution in [2.75, 3.05) is 20.2 Å².